The molecule has 1 fully saturated rings. The third-order valence-electron chi connectivity index (χ3n) is 3.78. The molecule has 7 heteroatoms. The number of carbonyl (C=O) groups is 2. The predicted molar refractivity (Wildman–Crippen MR) is 75.7 cm³/mol. The number of benzene rings is 1. The number of nitrogens with one attached hydrogen (secondary N) is 2. The molecule has 0 spiro atoms. The van der Waals surface area contributed by atoms with E-state index in [4.69, 9.17) is 9.84 Å². The van der Waals surface area contributed by atoms with E-state index in [1.54, 1.807) is 7.11 Å². The number of rotatable bonds is 5. The van der Waals surface area contributed by atoms with E-state index in [0.29, 0.717) is 6.54 Å². The first-order valence-electron chi connectivity index (χ1n) is 6.63. The van der Waals surface area contributed by atoms with E-state index in [1.165, 1.54) is 18.2 Å². The maximum atomic E-state index is 11.8. The van der Waals surface area contributed by atoms with Gasteiger partial charge in [-0.15, -0.1) is 0 Å². The summed E-state index contributed by atoms with van der Waals surface area (Å²) in [5.74, 6) is -1.73. The molecule has 1 aromatic rings. The summed E-state index contributed by atoms with van der Waals surface area (Å²) in [5, 5.41) is 23.8. The van der Waals surface area contributed by atoms with Crippen molar-refractivity contribution in [3.05, 3.63) is 23.8 Å². The van der Waals surface area contributed by atoms with Crippen LogP contribution in [-0.4, -0.2) is 41.5 Å². The van der Waals surface area contributed by atoms with Crippen LogP contribution in [0.4, 0.5) is 10.5 Å². The van der Waals surface area contributed by atoms with Crippen molar-refractivity contribution < 1.29 is 24.5 Å². The normalized spacial score (nSPS) is 15.9. The topological polar surface area (TPSA) is 108 Å². The van der Waals surface area contributed by atoms with Gasteiger partial charge >= 0.3 is 12.0 Å². The zero-order valence-corrected chi connectivity index (χ0v) is 11.7. The smallest absolute Gasteiger partial charge is 0.339 e. The summed E-state index contributed by atoms with van der Waals surface area (Å²) >= 11 is 0. The third-order valence-corrected chi connectivity index (χ3v) is 3.78. The molecule has 1 saturated carbocycles. The minimum Gasteiger partial charge on any atom is -0.505 e. The summed E-state index contributed by atoms with van der Waals surface area (Å²) in [6, 6.07) is 3.61. The van der Waals surface area contributed by atoms with E-state index >= 15 is 0 Å². The molecule has 1 aliphatic rings. The lowest BCUT2D eigenvalue weighted by Crippen LogP contribution is -2.50. The average Bonchev–Trinajstić information content (AvgIpc) is 2.40. The van der Waals surface area contributed by atoms with E-state index < -0.39 is 17.7 Å². The van der Waals surface area contributed by atoms with Crippen molar-refractivity contribution in [1.29, 1.82) is 0 Å². The molecular weight excluding hydrogens is 276 g/mol. The molecule has 1 aromatic carbocycles. The number of methoxy groups -OCH3 is 1. The van der Waals surface area contributed by atoms with Crippen LogP contribution in [0.2, 0.25) is 0 Å². The number of hydrogen-bond donors (Lipinski definition) is 4. The van der Waals surface area contributed by atoms with E-state index in [1.807, 2.05) is 0 Å². The van der Waals surface area contributed by atoms with Crippen LogP contribution in [0.15, 0.2) is 18.2 Å². The monoisotopic (exact) mass is 294 g/mol. The zero-order chi connectivity index (χ0) is 15.5. The third kappa shape index (κ3) is 3.25. The fraction of sp³-hybridized carbons (Fsp3) is 0.429. The Morgan fingerprint density at radius 3 is 2.62 bits per heavy atom. The van der Waals surface area contributed by atoms with Crippen LogP contribution in [0.1, 0.15) is 29.6 Å². The lowest BCUT2D eigenvalue weighted by atomic mass is 9.80. The number of anilines is 1. The highest BCUT2D eigenvalue weighted by Crippen LogP contribution is 2.34. The highest BCUT2D eigenvalue weighted by Gasteiger charge is 2.37. The number of carbonyl (C=O) groups excluding carboxylic acids is 1. The minimum absolute atomic E-state index is 0.0486. The Bertz CT molecular complexity index is 549. The number of carboxylic acids is 1. The molecular formula is C14H18N2O5. The SMILES string of the molecule is COC1(CNC(=O)Nc2cccc(C(=O)O)c2O)CCC1. The zero-order valence-electron chi connectivity index (χ0n) is 11.7. The summed E-state index contributed by atoms with van der Waals surface area (Å²) in [6.45, 7) is 0.370. The summed E-state index contributed by atoms with van der Waals surface area (Å²) < 4.78 is 5.38. The van der Waals surface area contributed by atoms with Gasteiger partial charge in [-0.2, -0.15) is 0 Å². The van der Waals surface area contributed by atoms with Gasteiger partial charge in [0.2, 0.25) is 0 Å². The Morgan fingerprint density at radius 2 is 2.10 bits per heavy atom. The quantitative estimate of drug-likeness (QED) is 0.619. The Hall–Kier alpha value is -2.28. The molecule has 114 valence electrons. The Morgan fingerprint density at radius 1 is 1.38 bits per heavy atom. The van der Waals surface area contributed by atoms with Gasteiger partial charge in [-0.3, -0.25) is 0 Å². The molecule has 0 aromatic heterocycles. The highest BCUT2D eigenvalue weighted by molar-refractivity contribution is 5.97. The van der Waals surface area contributed by atoms with E-state index in [0.717, 1.165) is 19.3 Å². The number of carboxylic acid groups (broad SMARTS) is 1. The maximum Gasteiger partial charge on any atom is 0.339 e. The molecule has 0 bridgehead atoms. The number of amides is 2. The largest absolute Gasteiger partial charge is 0.505 e. The molecule has 0 aliphatic heterocycles. The second-order valence-electron chi connectivity index (χ2n) is 5.06. The number of aromatic hydroxyl groups is 1. The van der Waals surface area contributed by atoms with Crippen LogP contribution in [-0.2, 0) is 4.74 Å². The molecule has 2 amide bonds. The Labute approximate surface area is 121 Å². The molecule has 1 aliphatic carbocycles. The molecule has 0 unspecified atom stereocenters. The van der Waals surface area contributed by atoms with Crippen molar-refractivity contribution >= 4 is 17.7 Å². The average molecular weight is 294 g/mol. The van der Waals surface area contributed by atoms with E-state index in [2.05, 4.69) is 10.6 Å². The first kappa shape index (κ1) is 15.1. The number of aromatic carboxylic acids is 1. The number of hydrogen-bond acceptors (Lipinski definition) is 4. The summed E-state index contributed by atoms with van der Waals surface area (Å²) in [7, 11) is 1.61. The first-order chi connectivity index (χ1) is 9.97. The summed E-state index contributed by atoms with van der Waals surface area (Å²) in [5.41, 5.74) is -0.518. The fourth-order valence-electron chi connectivity index (χ4n) is 2.25. The van der Waals surface area contributed by atoms with Crippen molar-refractivity contribution in [2.24, 2.45) is 0 Å². The second-order valence-corrected chi connectivity index (χ2v) is 5.06. The van der Waals surface area contributed by atoms with Gasteiger partial charge in [-0.1, -0.05) is 6.07 Å². The predicted octanol–water partition coefficient (Wildman–Crippen LogP) is 1.78. The van der Waals surface area contributed by atoms with Gasteiger partial charge in [0.1, 0.15) is 5.56 Å². The number of ether oxygens (including phenoxy) is 1. The minimum atomic E-state index is -1.26. The molecule has 0 atom stereocenters. The van der Waals surface area contributed by atoms with Gasteiger partial charge < -0.3 is 25.6 Å². The molecule has 0 radical (unpaired) electrons. The molecule has 2 rings (SSSR count). The van der Waals surface area contributed by atoms with Crippen LogP contribution in [0, 0.1) is 0 Å². The lowest BCUT2D eigenvalue weighted by Gasteiger charge is -2.40. The standard InChI is InChI=1S/C14H18N2O5/c1-21-14(6-3-7-14)8-15-13(20)16-10-5-2-4-9(11(10)17)12(18)19/h2,4-5,17H,3,6-8H2,1H3,(H,18,19)(H2,15,16,20). The second kappa shape index (κ2) is 6.01. The Balaban J connectivity index is 1.97. The Kier molecular flexibility index (Phi) is 4.32. The molecule has 4 N–H and O–H groups in total. The van der Waals surface area contributed by atoms with Gasteiger partial charge in [-0.05, 0) is 31.4 Å². The summed E-state index contributed by atoms with van der Waals surface area (Å²) in [4.78, 5) is 22.7. The van der Waals surface area contributed by atoms with Gasteiger partial charge in [-0.25, -0.2) is 9.59 Å². The van der Waals surface area contributed by atoms with Gasteiger partial charge in [0.05, 0.1) is 11.3 Å². The number of phenols is 1. The molecule has 0 saturated heterocycles. The van der Waals surface area contributed by atoms with Crippen LogP contribution in [0.5, 0.6) is 5.75 Å². The highest BCUT2D eigenvalue weighted by atomic mass is 16.5. The molecule has 21 heavy (non-hydrogen) atoms. The fourth-order valence-corrected chi connectivity index (χ4v) is 2.25. The van der Waals surface area contributed by atoms with Crippen LogP contribution in [0.25, 0.3) is 0 Å². The molecule has 7 nitrogen and oxygen atoms in total. The van der Waals surface area contributed by atoms with E-state index in [-0.39, 0.29) is 16.9 Å². The first-order valence-corrected chi connectivity index (χ1v) is 6.63. The number of para-hydroxylation sites is 1. The van der Waals surface area contributed by atoms with Gasteiger partial charge in [0.15, 0.2) is 5.75 Å². The maximum absolute atomic E-state index is 11.8. The van der Waals surface area contributed by atoms with E-state index in [9.17, 15) is 14.7 Å². The molecule has 0 heterocycles. The van der Waals surface area contributed by atoms with Crippen LogP contribution in [0.3, 0.4) is 0 Å². The lowest BCUT2D eigenvalue weighted by molar-refractivity contribution is -0.0671. The van der Waals surface area contributed by atoms with Crippen molar-refractivity contribution in [2.75, 3.05) is 19.0 Å². The number of urea groups is 1. The van der Waals surface area contributed by atoms with Crippen molar-refractivity contribution in [2.45, 2.75) is 24.9 Å². The van der Waals surface area contributed by atoms with Gasteiger partial charge in [0.25, 0.3) is 0 Å². The van der Waals surface area contributed by atoms with Gasteiger partial charge in [0, 0.05) is 13.7 Å². The van der Waals surface area contributed by atoms with Crippen LogP contribution >= 0.6 is 0 Å². The van der Waals surface area contributed by atoms with Crippen molar-refractivity contribution in [3.63, 3.8) is 0 Å². The summed E-state index contributed by atoms with van der Waals surface area (Å²) in [6.07, 6.45) is 2.85. The van der Waals surface area contributed by atoms with Crippen molar-refractivity contribution in [1.82, 2.24) is 5.32 Å². The van der Waals surface area contributed by atoms with Crippen LogP contribution < -0.4 is 10.6 Å². The van der Waals surface area contributed by atoms with Crippen molar-refractivity contribution in [3.8, 4) is 5.75 Å².